The molecule has 0 bridgehead atoms. The Kier molecular flexibility index (Phi) is 3.71. The molecule has 0 atom stereocenters. The standard InChI is InChI=1S/C13H12F3NO4/c1-19-8-4-6-7(13(14,15)16)5-9(18)17-10(6)12(21-3)11(8)20-2/h4-5H,1-3H3,(H,17,18). The van der Waals surface area contributed by atoms with Crippen molar-refractivity contribution in [2.24, 2.45) is 0 Å². The SMILES string of the molecule is COc1cc2c(C(F)(F)F)cc(=O)[nH]c2c(OC)c1OC. The predicted octanol–water partition coefficient (Wildman–Crippen LogP) is 2.57. The minimum atomic E-state index is -4.68. The van der Waals surface area contributed by atoms with Crippen molar-refractivity contribution in [3.63, 3.8) is 0 Å². The van der Waals surface area contributed by atoms with Crippen LogP contribution in [0.3, 0.4) is 0 Å². The van der Waals surface area contributed by atoms with Crippen LogP contribution in [0.15, 0.2) is 16.9 Å². The van der Waals surface area contributed by atoms with E-state index in [-0.39, 0.29) is 28.2 Å². The van der Waals surface area contributed by atoms with Gasteiger partial charge in [-0.2, -0.15) is 13.2 Å². The van der Waals surface area contributed by atoms with Gasteiger partial charge in [0.15, 0.2) is 11.5 Å². The van der Waals surface area contributed by atoms with E-state index in [0.29, 0.717) is 6.07 Å². The summed E-state index contributed by atoms with van der Waals surface area (Å²) in [6, 6.07) is 1.64. The molecule has 0 amide bonds. The van der Waals surface area contributed by atoms with Gasteiger partial charge in [-0.3, -0.25) is 4.79 Å². The number of pyridine rings is 1. The molecular weight excluding hydrogens is 291 g/mol. The van der Waals surface area contributed by atoms with Crippen molar-refractivity contribution < 1.29 is 27.4 Å². The average Bonchev–Trinajstić information content (AvgIpc) is 2.43. The number of nitrogens with one attached hydrogen (secondary N) is 1. The van der Waals surface area contributed by atoms with Crippen LogP contribution in [0.1, 0.15) is 5.56 Å². The second-order valence-corrected chi connectivity index (χ2v) is 4.11. The number of ether oxygens (including phenoxy) is 3. The number of hydrogen-bond donors (Lipinski definition) is 1. The molecule has 0 fully saturated rings. The van der Waals surface area contributed by atoms with Crippen molar-refractivity contribution in [3.05, 3.63) is 28.0 Å². The van der Waals surface area contributed by atoms with Crippen LogP contribution in [-0.4, -0.2) is 26.3 Å². The summed E-state index contributed by atoms with van der Waals surface area (Å²) in [7, 11) is 3.87. The van der Waals surface area contributed by atoms with Crippen molar-refractivity contribution in [3.8, 4) is 17.2 Å². The van der Waals surface area contributed by atoms with Gasteiger partial charge in [0.05, 0.1) is 32.4 Å². The molecule has 1 aromatic carbocycles. The Hall–Kier alpha value is -2.38. The highest BCUT2D eigenvalue weighted by Gasteiger charge is 2.34. The molecule has 0 saturated heterocycles. The molecule has 2 rings (SSSR count). The third-order valence-corrected chi connectivity index (χ3v) is 2.95. The zero-order valence-corrected chi connectivity index (χ0v) is 11.4. The van der Waals surface area contributed by atoms with E-state index in [4.69, 9.17) is 14.2 Å². The summed E-state index contributed by atoms with van der Waals surface area (Å²) in [6.45, 7) is 0. The van der Waals surface area contributed by atoms with Gasteiger partial charge in [0.2, 0.25) is 11.3 Å². The first-order valence-corrected chi connectivity index (χ1v) is 5.76. The van der Waals surface area contributed by atoms with E-state index in [0.717, 1.165) is 6.07 Å². The maximum Gasteiger partial charge on any atom is 0.417 e. The highest BCUT2D eigenvalue weighted by atomic mass is 19.4. The zero-order chi connectivity index (χ0) is 15.8. The number of aromatic amines is 1. The predicted molar refractivity (Wildman–Crippen MR) is 69.2 cm³/mol. The molecule has 0 aliphatic carbocycles. The number of fused-ring (bicyclic) bond motifs is 1. The monoisotopic (exact) mass is 303 g/mol. The molecule has 1 aromatic heterocycles. The Labute approximate surface area is 117 Å². The number of halogens is 3. The van der Waals surface area contributed by atoms with Gasteiger partial charge in [-0.15, -0.1) is 0 Å². The van der Waals surface area contributed by atoms with E-state index in [1.807, 2.05) is 0 Å². The molecule has 1 N–H and O–H groups in total. The summed E-state index contributed by atoms with van der Waals surface area (Å²) in [5, 5.41) is -0.239. The second-order valence-electron chi connectivity index (χ2n) is 4.11. The van der Waals surface area contributed by atoms with Crippen LogP contribution in [0.5, 0.6) is 17.2 Å². The summed E-state index contributed by atoms with van der Waals surface area (Å²) >= 11 is 0. The van der Waals surface area contributed by atoms with Crippen LogP contribution in [0, 0.1) is 0 Å². The van der Waals surface area contributed by atoms with E-state index in [1.54, 1.807) is 0 Å². The number of alkyl halides is 3. The molecule has 1 heterocycles. The summed E-state index contributed by atoms with van der Waals surface area (Å²) in [4.78, 5) is 13.8. The third-order valence-electron chi connectivity index (χ3n) is 2.95. The molecule has 2 aromatic rings. The first-order valence-electron chi connectivity index (χ1n) is 5.76. The minimum Gasteiger partial charge on any atom is -0.493 e. The Morgan fingerprint density at radius 2 is 1.62 bits per heavy atom. The third kappa shape index (κ3) is 2.48. The number of methoxy groups -OCH3 is 3. The molecule has 0 saturated carbocycles. The molecule has 114 valence electrons. The van der Waals surface area contributed by atoms with Crippen LogP contribution in [-0.2, 0) is 6.18 Å². The summed E-state index contributed by atoms with van der Waals surface area (Å²) in [6.07, 6.45) is -4.68. The zero-order valence-electron chi connectivity index (χ0n) is 11.4. The summed E-state index contributed by atoms with van der Waals surface area (Å²) in [5.74, 6) is 0.136. The average molecular weight is 303 g/mol. The molecule has 8 heteroatoms. The Bertz CT molecular complexity index is 737. The summed E-state index contributed by atoms with van der Waals surface area (Å²) < 4.78 is 54.4. The minimum absolute atomic E-state index is 0.0324. The normalized spacial score (nSPS) is 11.5. The fourth-order valence-electron chi connectivity index (χ4n) is 2.10. The van der Waals surface area contributed by atoms with Gasteiger partial charge >= 0.3 is 6.18 Å². The van der Waals surface area contributed by atoms with Gasteiger partial charge in [0.25, 0.3) is 0 Å². The smallest absolute Gasteiger partial charge is 0.417 e. The number of H-pyrrole nitrogens is 1. The van der Waals surface area contributed by atoms with Gasteiger partial charge in [0, 0.05) is 11.5 Å². The van der Waals surface area contributed by atoms with Crippen molar-refractivity contribution >= 4 is 10.9 Å². The molecule has 5 nitrogen and oxygen atoms in total. The Morgan fingerprint density at radius 1 is 1.00 bits per heavy atom. The lowest BCUT2D eigenvalue weighted by Crippen LogP contribution is -2.14. The van der Waals surface area contributed by atoms with Gasteiger partial charge < -0.3 is 19.2 Å². The second kappa shape index (κ2) is 5.19. The molecular formula is C13H12F3NO4. The lowest BCUT2D eigenvalue weighted by atomic mass is 10.1. The fraction of sp³-hybridized carbons (Fsp3) is 0.308. The van der Waals surface area contributed by atoms with E-state index in [9.17, 15) is 18.0 Å². The van der Waals surface area contributed by atoms with E-state index in [1.165, 1.54) is 21.3 Å². The van der Waals surface area contributed by atoms with Crippen LogP contribution >= 0.6 is 0 Å². The Balaban J connectivity index is 3.01. The highest BCUT2D eigenvalue weighted by Crippen LogP contribution is 2.45. The molecule has 0 unspecified atom stereocenters. The molecule has 0 aliphatic rings. The van der Waals surface area contributed by atoms with Crippen LogP contribution < -0.4 is 19.8 Å². The van der Waals surface area contributed by atoms with Crippen molar-refractivity contribution in [1.82, 2.24) is 4.98 Å². The van der Waals surface area contributed by atoms with Gasteiger partial charge in [-0.1, -0.05) is 0 Å². The largest absolute Gasteiger partial charge is 0.493 e. The fourth-order valence-corrected chi connectivity index (χ4v) is 2.10. The lowest BCUT2D eigenvalue weighted by Gasteiger charge is -2.17. The van der Waals surface area contributed by atoms with E-state index in [2.05, 4.69) is 4.98 Å². The van der Waals surface area contributed by atoms with Gasteiger partial charge in [0.1, 0.15) is 0 Å². The van der Waals surface area contributed by atoms with Crippen molar-refractivity contribution in [2.45, 2.75) is 6.18 Å². The lowest BCUT2D eigenvalue weighted by molar-refractivity contribution is -0.136. The van der Waals surface area contributed by atoms with Crippen molar-refractivity contribution in [1.29, 1.82) is 0 Å². The van der Waals surface area contributed by atoms with Gasteiger partial charge in [-0.05, 0) is 6.07 Å². The first kappa shape index (κ1) is 15.0. The van der Waals surface area contributed by atoms with Gasteiger partial charge in [-0.25, -0.2) is 0 Å². The van der Waals surface area contributed by atoms with E-state index < -0.39 is 17.3 Å². The van der Waals surface area contributed by atoms with Crippen LogP contribution in [0.2, 0.25) is 0 Å². The highest BCUT2D eigenvalue weighted by molar-refractivity contribution is 5.92. The van der Waals surface area contributed by atoms with Crippen LogP contribution in [0.25, 0.3) is 10.9 Å². The van der Waals surface area contributed by atoms with Crippen LogP contribution in [0.4, 0.5) is 13.2 Å². The summed E-state index contributed by atoms with van der Waals surface area (Å²) in [5.41, 5.74) is -2.06. The number of rotatable bonds is 3. The molecule has 0 radical (unpaired) electrons. The molecule has 21 heavy (non-hydrogen) atoms. The first-order chi connectivity index (χ1) is 9.83. The van der Waals surface area contributed by atoms with Crippen molar-refractivity contribution in [2.75, 3.05) is 21.3 Å². The molecule has 0 spiro atoms. The number of aromatic nitrogens is 1. The maximum absolute atomic E-state index is 13.1. The number of benzene rings is 1. The Morgan fingerprint density at radius 3 is 2.10 bits per heavy atom. The molecule has 0 aliphatic heterocycles. The maximum atomic E-state index is 13.1. The quantitative estimate of drug-likeness (QED) is 0.946. The van der Waals surface area contributed by atoms with E-state index >= 15 is 0 Å². The number of hydrogen-bond acceptors (Lipinski definition) is 4. The topological polar surface area (TPSA) is 60.6 Å².